The van der Waals surface area contributed by atoms with Gasteiger partial charge in [0.2, 0.25) is 0 Å². The predicted octanol–water partition coefficient (Wildman–Crippen LogP) is 4.91. The third-order valence-corrected chi connectivity index (χ3v) is 7.49. The number of methoxy groups -OCH3 is 1. The third kappa shape index (κ3) is 5.88. The van der Waals surface area contributed by atoms with Crippen LogP contribution in [0.4, 0.5) is 5.13 Å². The number of hydrogen-bond acceptors (Lipinski definition) is 7. The summed E-state index contributed by atoms with van der Waals surface area (Å²) in [5.74, 6) is 0.556. The SMILES string of the molecule is COc1ccc2nc(N(CCCN3CCOCC3)C(=O)c3ccc(C(=O)c4ccccc4)cc3)sc2c1. The Morgan fingerprint density at radius 3 is 2.41 bits per heavy atom. The number of carbonyl (C=O) groups excluding carboxylic acids is 2. The van der Waals surface area contributed by atoms with Crippen molar-refractivity contribution in [3.8, 4) is 5.75 Å². The Balaban J connectivity index is 1.38. The molecule has 190 valence electrons. The van der Waals surface area contributed by atoms with E-state index in [1.54, 1.807) is 48.4 Å². The fourth-order valence-electron chi connectivity index (χ4n) is 4.37. The first-order valence-corrected chi connectivity index (χ1v) is 13.2. The number of aromatic nitrogens is 1. The Hall–Kier alpha value is -3.59. The molecule has 8 heteroatoms. The summed E-state index contributed by atoms with van der Waals surface area (Å²) < 4.78 is 11.8. The quantitative estimate of drug-likeness (QED) is 0.295. The molecule has 0 unspecified atom stereocenters. The van der Waals surface area contributed by atoms with Crippen LogP contribution in [0, 0.1) is 0 Å². The molecule has 1 aliphatic rings. The van der Waals surface area contributed by atoms with Crippen LogP contribution in [0.1, 0.15) is 32.7 Å². The van der Waals surface area contributed by atoms with Crippen molar-refractivity contribution in [2.45, 2.75) is 6.42 Å². The second kappa shape index (κ2) is 11.6. The maximum Gasteiger partial charge on any atom is 0.260 e. The average molecular weight is 516 g/mol. The normalized spacial score (nSPS) is 14.0. The second-order valence-corrected chi connectivity index (χ2v) is 9.88. The fraction of sp³-hybridized carbons (Fsp3) is 0.276. The molecule has 1 saturated heterocycles. The lowest BCUT2D eigenvalue weighted by atomic mass is 10.0. The minimum Gasteiger partial charge on any atom is -0.497 e. The van der Waals surface area contributed by atoms with Crippen LogP contribution in [0.2, 0.25) is 0 Å². The van der Waals surface area contributed by atoms with Crippen LogP contribution in [-0.4, -0.2) is 68.1 Å². The number of rotatable bonds is 9. The van der Waals surface area contributed by atoms with Gasteiger partial charge in [0.15, 0.2) is 10.9 Å². The first-order chi connectivity index (χ1) is 18.1. The van der Waals surface area contributed by atoms with Crippen molar-refractivity contribution < 1.29 is 19.1 Å². The topological polar surface area (TPSA) is 72.0 Å². The summed E-state index contributed by atoms with van der Waals surface area (Å²) in [5.41, 5.74) is 2.52. The van der Waals surface area contributed by atoms with E-state index in [1.165, 1.54) is 11.3 Å². The molecule has 4 aromatic rings. The highest BCUT2D eigenvalue weighted by molar-refractivity contribution is 7.22. The van der Waals surface area contributed by atoms with Gasteiger partial charge in [-0.1, -0.05) is 53.8 Å². The van der Waals surface area contributed by atoms with Gasteiger partial charge in [-0.25, -0.2) is 4.98 Å². The highest BCUT2D eigenvalue weighted by Gasteiger charge is 2.22. The molecule has 2 heterocycles. The van der Waals surface area contributed by atoms with E-state index in [0.717, 1.165) is 55.2 Å². The van der Waals surface area contributed by atoms with Gasteiger partial charge < -0.3 is 9.47 Å². The Kier molecular flexibility index (Phi) is 7.89. The first-order valence-electron chi connectivity index (χ1n) is 12.4. The number of carbonyl (C=O) groups is 2. The van der Waals surface area contributed by atoms with E-state index in [9.17, 15) is 9.59 Å². The van der Waals surface area contributed by atoms with Crippen LogP contribution in [0.3, 0.4) is 0 Å². The zero-order valence-corrected chi connectivity index (χ0v) is 21.6. The van der Waals surface area contributed by atoms with E-state index >= 15 is 0 Å². The summed E-state index contributed by atoms with van der Waals surface area (Å²) in [4.78, 5) is 35.4. The zero-order valence-electron chi connectivity index (χ0n) is 20.8. The standard InChI is InChI=1S/C29H29N3O4S/c1-35-24-12-13-25-26(20-24)37-29(30-25)32(15-5-14-31-16-18-36-19-17-31)28(34)23-10-8-22(9-11-23)27(33)21-6-3-2-4-7-21/h2-4,6-13,20H,5,14-19H2,1H3. The van der Waals surface area contributed by atoms with E-state index in [-0.39, 0.29) is 11.7 Å². The third-order valence-electron chi connectivity index (χ3n) is 6.45. The molecule has 37 heavy (non-hydrogen) atoms. The van der Waals surface area contributed by atoms with Crippen LogP contribution < -0.4 is 9.64 Å². The number of anilines is 1. The molecule has 0 aliphatic carbocycles. The number of hydrogen-bond donors (Lipinski definition) is 0. The minimum absolute atomic E-state index is 0.0675. The minimum atomic E-state index is -0.133. The number of morpholine rings is 1. The number of ether oxygens (including phenoxy) is 2. The number of benzene rings is 3. The van der Waals surface area contributed by atoms with Crippen LogP contribution in [0.15, 0.2) is 72.8 Å². The smallest absolute Gasteiger partial charge is 0.260 e. The van der Waals surface area contributed by atoms with Crippen molar-refractivity contribution in [3.05, 3.63) is 89.5 Å². The molecule has 3 aromatic carbocycles. The van der Waals surface area contributed by atoms with Crippen molar-refractivity contribution in [2.75, 3.05) is 51.4 Å². The number of amides is 1. The van der Waals surface area contributed by atoms with Gasteiger partial charge in [-0.2, -0.15) is 0 Å². The molecule has 0 N–H and O–H groups in total. The molecular formula is C29H29N3O4S. The maximum absolute atomic E-state index is 13.7. The van der Waals surface area contributed by atoms with Crippen LogP contribution in [0.25, 0.3) is 10.2 Å². The molecular weight excluding hydrogens is 486 g/mol. The van der Waals surface area contributed by atoms with E-state index in [1.807, 2.05) is 36.4 Å². The van der Waals surface area contributed by atoms with Crippen LogP contribution >= 0.6 is 11.3 Å². The fourth-order valence-corrected chi connectivity index (χ4v) is 5.39. The summed E-state index contributed by atoms with van der Waals surface area (Å²) in [6.45, 7) is 4.73. The molecule has 1 aromatic heterocycles. The maximum atomic E-state index is 13.7. The average Bonchev–Trinajstić information content (AvgIpc) is 3.38. The van der Waals surface area contributed by atoms with Crippen molar-refractivity contribution >= 4 is 38.4 Å². The molecule has 1 amide bonds. The lowest BCUT2D eigenvalue weighted by Gasteiger charge is -2.27. The monoisotopic (exact) mass is 515 g/mol. The van der Waals surface area contributed by atoms with Gasteiger partial charge in [-0.15, -0.1) is 0 Å². The number of ketones is 1. The molecule has 7 nitrogen and oxygen atoms in total. The number of nitrogens with zero attached hydrogens (tertiary/aromatic N) is 3. The van der Waals surface area contributed by atoms with Crippen molar-refractivity contribution in [1.82, 2.24) is 9.88 Å². The summed E-state index contributed by atoms with van der Waals surface area (Å²) in [6, 6.07) is 21.8. The van der Waals surface area contributed by atoms with E-state index < -0.39 is 0 Å². The summed E-state index contributed by atoms with van der Waals surface area (Å²) in [6.07, 6.45) is 0.815. The lowest BCUT2D eigenvalue weighted by Crippen LogP contribution is -2.39. The lowest BCUT2D eigenvalue weighted by molar-refractivity contribution is 0.0376. The summed E-state index contributed by atoms with van der Waals surface area (Å²) in [7, 11) is 1.64. The first kappa shape index (κ1) is 25.1. The Morgan fingerprint density at radius 1 is 0.973 bits per heavy atom. The van der Waals surface area contributed by atoms with Gasteiger partial charge in [0.1, 0.15) is 5.75 Å². The van der Waals surface area contributed by atoms with Gasteiger partial charge in [0, 0.05) is 42.9 Å². The van der Waals surface area contributed by atoms with Crippen LogP contribution in [-0.2, 0) is 4.74 Å². The van der Waals surface area contributed by atoms with Crippen molar-refractivity contribution in [3.63, 3.8) is 0 Å². The predicted molar refractivity (Wildman–Crippen MR) is 146 cm³/mol. The Morgan fingerprint density at radius 2 is 1.68 bits per heavy atom. The van der Waals surface area contributed by atoms with E-state index in [4.69, 9.17) is 14.5 Å². The highest BCUT2D eigenvalue weighted by Crippen LogP contribution is 2.32. The molecule has 0 saturated carbocycles. The zero-order chi connectivity index (χ0) is 25.6. The number of thiazole rings is 1. The van der Waals surface area contributed by atoms with Gasteiger partial charge in [0.25, 0.3) is 5.91 Å². The second-order valence-electron chi connectivity index (χ2n) is 8.87. The molecule has 1 fully saturated rings. The van der Waals surface area contributed by atoms with Gasteiger partial charge in [0.05, 0.1) is 30.5 Å². The molecule has 1 aliphatic heterocycles. The molecule has 0 atom stereocenters. The number of fused-ring (bicyclic) bond motifs is 1. The van der Waals surface area contributed by atoms with E-state index in [2.05, 4.69) is 4.90 Å². The summed E-state index contributed by atoms with van der Waals surface area (Å²) >= 11 is 1.48. The van der Waals surface area contributed by atoms with Gasteiger partial charge >= 0.3 is 0 Å². The summed E-state index contributed by atoms with van der Waals surface area (Å²) in [5, 5.41) is 0.652. The Labute approximate surface area is 220 Å². The molecule has 0 bridgehead atoms. The van der Waals surface area contributed by atoms with Gasteiger partial charge in [-0.3, -0.25) is 19.4 Å². The van der Waals surface area contributed by atoms with E-state index in [0.29, 0.717) is 28.4 Å². The molecule has 5 rings (SSSR count). The van der Waals surface area contributed by atoms with Crippen molar-refractivity contribution in [1.29, 1.82) is 0 Å². The van der Waals surface area contributed by atoms with Crippen LogP contribution in [0.5, 0.6) is 5.75 Å². The highest BCUT2D eigenvalue weighted by atomic mass is 32.1. The van der Waals surface area contributed by atoms with Crippen molar-refractivity contribution in [2.24, 2.45) is 0 Å². The largest absolute Gasteiger partial charge is 0.497 e. The molecule has 0 spiro atoms. The van der Waals surface area contributed by atoms with Gasteiger partial charge in [-0.05, 0) is 36.8 Å². The Bertz CT molecular complexity index is 1370. The molecule has 0 radical (unpaired) electrons.